The summed E-state index contributed by atoms with van der Waals surface area (Å²) in [5.41, 5.74) is 2.30. The number of aryl methyl sites for hydroxylation is 1. The molecule has 1 N–H and O–H groups in total. The summed E-state index contributed by atoms with van der Waals surface area (Å²) in [7, 11) is 1.64. The molecule has 0 bridgehead atoms. The molecular formula is C20H25NO3. The fraction of sp³-hybridized carbons (Fsp3) is 0.350. The van der Waals surface area contributed by atoms with Crippen molar-refractivity contribution in [2.24, 2.45) is 0 Å². The maximum absolute atomic E-state index is 12.1. The van der Waals surface area contributed by atoms with Crippen molar-refractivity contribution in [3.05, 3.63) is 59.7 Å². The van der Waals surface area contributed by atoms with Crippen LogP contribution in [0.15, 0.2) is 48.5 Å². The Morgan fingerprint density at radius 1 is 1.00 bits per heavy atom. The molecule has 128 valence electrons. The highest BCUT2D eigenvalue weighted by molar-refractivity contribution is 5.78. The molecule has 0 unspecified atom stereocenters. The molecule has 0 fully saturated rings. The first-order chi connectivity index (χ1) is 11.7. The molecule has 0 aliphatic carbocycles. The van der Waals surface area contributed by atoms with Gasteiger partial charge in [-0.15, -0.1) is 0 Å². The SMILES string of the molecule is CCc1ccc(OCC(=O)N[C@H](CC)c2ccc(OC)cc2)cc1. The molecule has 2 aromatic carbocycles. The molecule has 2 aromatic rings. The Balaban J connectivity index is 1.88. The van der Waals surface area contributed by atoms with E-state index in [2.05, 4.69) is 12.2 Å². The van der Waals surface area contributed by atoms with Crippen LogP contribution in [0.25, 0.3) is 0 Å². The van der Waals surface area contributed by atoms with Gasteiger partial charge in [-0.2, -0.15) is 0 Å². The van der Waals surface area contributed by atoms with Gasteiger partial charge in [-0.1, -0.05) is 38.1 Å². The van der Waals surface area contributed by atoms with Crippen LogP contribution in [0, 0.1) is 0 Å². The second-order valence-corrected chi connectivity index (χ2v) is 5.59. The van der Waals surface area contributed by atoms with E-state index in [1.807, 2.05) is 55.5 Å². The minimum Gasteiger partial charge on any atom is -0.497 e. The zero-order valence-electron chi connectivity index (χ0n) is 14.5. The fourth-order valence-corrected chi connectivity index (χ4v) is 2.46. The van der Waals surface area contributed by atoms with Gasteiger partial charge >= 0.3 is 0 Å². The van der Waals surface area contributed by atoms with Crippen LogP contribution in [0.5, 0.6) is 11.5 Å². The molecule has 0 spiro atoms. The molecule has 0 radical (unpaired) electrons. The van der Waals surface area contributed by atoms with Crippen molar-refractivity contribution >= 4 is 5.91 Å². The van der Waals surface area contributed by atoms with Gasteiger partial charge in [-0.3, -0.25) is 4.79 Å². The number of hydrogen-bond acceptors (Lipinski definition) is 3. The van der Waals surface area contributed by atoms with Gasteiger partial charge in [0.2, 0.25) is 0 Å². The van der Waals surface area contributed by atoms with Crippen LogP contribution in [0.3, 0.4) is 0 Å². The molecular weight excluding hydrogens is 302 g/mol. The number of carbonyl (C=O) groups is 1. The summed E-state index contributed by atoms with van der Waals surface area (Å²) in [6.07, 6.45) is 1.80. The van der Waals surface area contributed by atoms with Gasteiger partial charge in [0.25, 0.3) is 5.91 Å². The van der Waals surface area contributed by atoms with E-state index in [1.54, 1.807) is 7.11 Å². The molecule has 0 aliphatic rings. The minimum atomic E-state index is -0.128. The second kappa shape index (κ2) is 8.96. The van der Waals surface area contributed by atoms with Crippen LogP contribution in [0.4, 0.5) is 0 Å². The lowest BCUT2D eigenvalue weighted by Gasteiger charge is -2.18. The Bertz CT molecular complexity index is 635. The number of ether oxygens (including phenoxy) is 2. The lowest BCUT2D eigenvalue weighted by Crippen LogP contribution is -2.32. The lowest BCUT2D eigenvalue weighted by atomic mass is 10.0. The lowest BCUT2D eigenvalue weighted by molar-refractivity contribution is -0.123. The Hall–Kier alpha value is -2.49. The summed E-state index contributed by atoms with van der Waals surface area (Å²) >= 11 is 0. The van der Waals surface area contributed by atoms with Gasteiger partial charge in [-0.25, -0.2) is 0 Å². The molecule has 0 saturated carbocycles. The zero-order valence-corrected chi connectivity index (χ0v) is 14.5. The van der Waals surface area contributed by atoms with E-state index in [0.717, 1.165) is 24.2 Å². The van der Waals surface area contributed by atoms with Crippen LogP contribution in [0.1, 0.15) is 37.4 Å². The predicted octanol–water partition coefficient (Wildman–Crippen LogP) is 3.90. The van der Waals surface area contributed by atoms with Crippen LogP contribution in [0.2, 0.25) is 0 Å². The molecule has 0 saturated heterocycles. The third-order valence-corrected chi connectivity index (χ3v) is 3.96. The fourth-order valence-electron chi connectivity index (χ4n) is 2.46. The third-order valence-electron chi connectivity index (χ3n) is 3.96. The van der Waals surface area contributed by atoms with Gasteiger partial charge in [0, 0.05) is 0 Å². The quantitative estimate of drug-likeness (QED) is 0.800. The van der Waals surface area contributed by atoms with Gasteiger partial charge in [0.15, 0.2) is 6.61 Å². The maximum Gasteiger partial charge on any atom is 0.258 e. The second-order valence-electron chi connectivity index (χ2n) is 5.59. The van der Waals surface area contributed by atoms with E-state index in [1.165, 1.54) is 5.56 Å². The highest BCUT2D eigenvalue weighted by Gasteiger charge is 2.13. The van der Waals surface area contributed by atoms with E-state index in [4.69, 9.17) is 9.47 Å². The monoisotopic (exact) mass is 327 g/mol. The summed E-state index contributed by atoms with van der Waals surface area (Å²) in [6, 6.07) is 15.5. The Labute approximate surface area is 143 Å². The molecule has 4 nitrogen and oxygen atoms in total. The first-order valence-electron chi connectivity index (χ1n) is 8.31. The predicted molar refractivity (Wildman–Crippen MR) is 95.5 cm³/mol. The first kappa shape index (κ1) is 17.9. The minimum absolute atomic E-state index is 0.0120. The van der Waals surface area contributed by atoms with Crippen LogP contribution in [-0.2, 0) is 11.2 Å². The average Bonchev–Trinajstić information content (AvgIpc) is 2.65. The number of hydrogen-bond donors (Lipinski definition) is 1. The van der Waals surface area contributed by atoms with Crippen molar-refractivity contribution in [1.29, 1.82) is 0 Å². The molecule has 0 aliphatic heterocycles. The van der Waals surface area contributed by atoms with Crippen LogP contribution < -0.4 is 14.8 Å². The van der Waals surface area contributed by atoms with Gasteiger partial charge < -0.3 is 14.8 Å². The molecule has 0 heterocycles. The third kappa shape index (κ3) is 5.01. The highest BCUT2D eigenvalue weighted by atomic mass is 16.5. The molecule has 1 atom stereocenters. The Kier molecular flexibility index (Phi) is 6.67. The number of benzene rings is 2. The van der Waals surface area contributed by atoms with E-state index in [-0.39, 0.29) is 18.6 Å². The Morgan fingerprint density at radius 3 is 2.17 bits per heavy atom. The van der Waals surface area contributed by atoms with Crippen LogP contribution in [-0.4, -0.2) is 19.6 Å². The molecule has 4 heteroatoms. The first-order valence-corrected chi connectivity index (χ1v) is 8.31. The maximum atomic E-state index is 12.1. The van der Waals surface area contributed by atoms with Crippen molar-refractivity contribution in [2.45, 2.75) is 32.7 Å². The van der Waals surface area contributed by atoms with Gasteiger partial charge in [-0.05, 0) is 48.2 Å². The molecule has 24 heavy (non-hydrogen) atoms. The van der Waals surface area contributed by atoms with Crippen molar-refractivity contribution in [1.82, 2.24) is 5.32 Å². The van der Waals surface area contributed by atoms with Gasteiger partial charge in [0.05, 0.1) is 13.2 Å². The van der Waals surface area contributed by atoms with E-state index >= 15 is 0 Å². The summed E-state index contributed by atoms with van der Waals surface area (Å²) in [5, 5.41) is 3.01. The van der Waals surface area contributed by atoms with Crippen molar-refractivity contribution in [3.8, 4) is 11.5 Å². The number of methoxy groups -OCH3 is 1. The van der Waals surface area contributed by atoms with Crippen LogP contribution >= 0.6 is 0 Å². The van der Waals surface area contributed by atoms with Crippen molar-refractivity contribution < 1.29 is 14.3 Å². The number of rotatable bonds is 8. The molecule has 1 amide bonds. The summed E-state index contributed by atoms with van der Waals surface area (Å²) in [5.74, 6) is 1.39. The van der Waals surface area contributed by atoms with E-state index < -0.39 is 0 Å². The highest BCUT2D eigenvalue weighted by Crippen LogP contribution is 2.20. The molecule has 0 aromatic heterocycles. The van der Waals surface area contributed by atoms with E-state index in [0.29, 0.717) is 5.75 Å². The summed E-state index contributed by atoms with van der Waals surface area (Å²) in [6.45, 7) is 4.16. The van der Waals surface area contributed by atoms with Crippen molar-refractivity contribution in [3.63, 3.8) is 0 Å². The summed E-state index contributed by atoms with van der Waals surface area (Å²) < 4.78 is 10.7. The van der Waals surface area contributed by atoms with E-state index in [9.17, 15) is 4.79 Å². The number of nitrogens with one attached hydrogen (secondary N) is 1. The average molecular weight is 327 g/mol. The number of amides is 1. The van der Waals surface area contributed by atoms with Gasteiger partial charge in [0.1, 0.15) is 11.5 Å². The largest absolute Gasteiger partial charge is 0.497 e. The smallest absolute Gasteiger partial charge is 0.258 e. The summed E-state index contributed by atoms with van der Waals surface area (Å²) in [4.78, 5) is 12.1. The Morgan fingerprint density at radius 2 is 1.62 bits per heavy atom. The normalized spacial score (nSPS) is 11.6. The number of carbonyl (C=O) groups excluding carboxylic acids is 1. The molecule has 2 rings (SSSR count). The standard InChI is InChI=1S/C20H25NO3/c1-4-15-6-10-18(11-7-15)24-14-20(22)21-19(5-2)16-8-12-17(23-3)13-9-16/h6-13,19H,4-5,14H2,1-3H3,(H,21,22)/t19-/m1/s1. The topological polar surface area (TPSA) is 47.6 Å². The van der Waals surface area contributed by atoms with Crippen molar-refractivity contribution in [2.75, 3.05) is 13.7 Å². The zero-order chi connectivity index (χ0) is 17.4.